The number of hydrogen-bond donors (Lipinski definition) is 1. The van der Waals surface area contributed by atoms with Gasteiger partial charge in [0.2, 0.25) is 0 Å². The Morgan fingerprint density at radius 3 is 2.83 bits per heavy atom. The first-order chi connectivity index (χ1) is 8.65. The summed E-state index contributed by atoms with van der Waals surface area (Å²) in [5.41, 5.74) is 0. The molecule has 1 saturated heterocycles. The van der Waals surface area contributed by atoms with Crippen LogP contribution in [0.5, 0.6) is 0 Å². The second-order valence-corrected chi connectivity index (χ2v) is 6.06. The molecule has 0 aromatic carbocycles. The van der Waals surface area contributed by atoms with Gasteiger partial charge in [-0.15, -0.1) is 0 Å². The van der Waals surface area contributed by atoms with Crippen molar-refractivity contribution >= 4 is 12.2 Å². The van der Waals surface area contributed by atoms with Gasteiger partial charge >= 0.3 is 0 Å². The predicted molar refractivity (Wildman–Crippen MR) is 73.3 cm³/mol. The van der Waals surface area contributed by atoms with Gasteiger partial charge in [-0.25, -0.2) is 0 Å². The number of hydrogen-bond acceptors (Lipinski definition) is 4. The highest BCUT2D eigenvalue weighted by atomic mass is 32.1. The normalized spacial score (nSPS) is 26.7. The first kappa shape index (κ1) is 12.3. The third-order valence-electron chi connectivity index (χ3n) is 4.10. The Labute approximate surface area is 113 Å². The van der Waals surface area contributed by atoms with Gasteiger partial charge in [0.25, 0.3) is 0 Å². The van der Waals surface area contributed by atoms with E-state index in [4.69, 9.17) is 12.2 Å². The van der Waals surface area contributed by atoms with Gasteiger partial charge in [0.1, 0.15) is 5.82 Å². The molecule has 1 saturated carbocycles. The molecular weight excluding hydrogens is 246 g/mol. The van der Waals surface area contributed by atoms with Gasteiger partial charge in [-0.1, -0.05) is 0 Å². The molecule has 0 spiro atoms. The fourth-order valence-electron chi connectivity index (χ4n) is 2.67. The van der Waals surface area contributed by atoms with Gasteiger partial charge in [0.05, 0.1) is 0 Å². The number of nitrogens with zero attached hydrogens (tertiary/aromatic N) is 4. The molecule has 1 atom stereocenters. The average molecular weight is 267 g/mol. The van der Waals surface area contributed by atoms with Crippen LogP contribution in [-0.4, -0.2) is 64.3 Å². The number of piperazine rings is 1. The summed E-state index contributed by atoms with van der Waals surface area (Å²) in [7, 11) is 4.40. The number of aromatic nitrogens is 3. The van der Waals surface area contributed by atoms with Crippen LogP contribution in [0.2, 0.25) is 0 Å². The molecule has 2 aliphatic rings. The summed E-state index contributed by atoms with van der Waals surface area (Å²) in [4.78, 5) is 4.83. The summed E-state index contributed by atoms with van der Waals surface area (Å²) in [6.45, 7) is 4.35. The van der Waals surface area contributed by atoms with Gasteiger partial charge in [-0.05, 0) is 39.2 Å². The van der Waals surface area contributed by atoms with Crippen molar-refractivity contribution in [3.05, 3.63) is 10.6 Å². The molecule has 3 rings (SSSR count). The van der Waals surface area contributed by atoms with Gasteiger partial charge in [-0.3, -0.25) is 10.00 Å². The van der Waals surface area contributed by atoms with Crippen molar-refractivity contribution in [1.29, 1.82) is 0 Å². The molecule has 0 bridgehead atoms. The van der Waals surface area contributed by atoms with Crippen LogP contribution in [0.1, 0.15) is 24.6 Å². The zero-order chi connectivity index (χ0) is 12.7. The van der Waals surface area contributed by atoms with Crippen molar-refractivity contribution in [2.45, 2.75) is 31.3 Å². The number of likely N-dealkylation sites (N-methyl/N-ethyl adjacent to an activating group) is 2. The fourth-order valence-corrected chi connectivity index (χ4v) is 2.88. The molecular formula is C12H21N5S. The summed E-state index contributed by atoms with van der Waals surface area (Å²) in [6, 6.07) is 0.533. The Bertz CT molecular complexity index is 475. The molecule has 2 fully saturated rings. The van der Waals surface area contributed by atoms with Crippen LogP contribution in [0.15, 0.2) is 0 Å². The van der Waals surface area contributed by atoms with E-state index in [2.05, 4.69) is 38.7 Å². The molecule has 100 valence electrons. The predicted octanol–water partition coefficient (Wildman–Crippen LogP) is 1.06. The molecule has 1 aromatic rings. The third kappa shape index (κ3) is 2.37. The largest absolute Gasteiger partial charge is 0.303 e. The van der Waals surface area contributed by atoms with E-state index in [9.17, 15) is 0 Å². The van der Waals surface area contributed by atoms with Crippen LogP contribution in [-0.2, 0) is 6.54 Å². The zero-order valence-electron chi connectivity index (χ0n) is 11.1. The molecule has 1 unspecified atom stereocenters. The van der Waals surface area contributed by atoms with Crippen LogP contribution < -0.4 is 0 Å². The molecule has 18 heavy (non-hydrogen) atoms. The average Bonchev–Trinajstić information content (AvgIpc) is 3.11. The van der Waals surface area contributed by atoms with Crippen LogP contribution in [0.3, 0.4) is 0 Å². The number of aromatic amines is 1. The van der Waals surface area contributed by atoms with Crippen molar-refractivity contribution in [2.24, 2.45) is 0 Å². The van der Waals surface area contributed by atoms with E-state index in [0.717, 1.165) is 31.0 Å². The van der Waals surface area contributed by atoms with E-state index in [1.54, 1.807) is 0 Å². The van der Waals surface area contributed by atoms with Crippen molar-refractivity contribution in [3.8, 4) is 0 Å². The highest BCUT2D eigenvalue weighted by Gasteiger charge is 2.31. The fraction of sp³-hybridized carbons (Fsp3) is 0.833. The Morgan fingerprint density at radius 1 is 1.33 bits per heavy atom. The monoisotopic (exact) mass is 267 g/mol. The minimum atomic E-state index is 0.533. The molecule has 2 heterocycles. The van der Waals surface area contributed by atoms with E-state index >= 15 is 0 Å². The quantitative estimate of drug-likeness (QED) is 0.832. The molecule has 1 aliphatic carbocycles. The smallest absolute Gasteiger partial charge is 0.195 e. The lowest BCUT2D eigenvalue weighted by Gasteiger charge is -2.37. The van der Waals surface area contributed by atoms with Crippen LogP contribution in [0.25, 0.3) is 0 Å². The van der Waals surface area contributed by atoms with Crippen LogP contribution in [0.4, 0.5) is 0 Å². The highest BCUT2D eigenvalue weighted by Crippen LogP contribution is 2.39. The Kier molecular flexibility index (Phi) is 3.25. The maximum Gasteiger partial charge on any atom is 0.195 e. The molecule has 6 heteroatoms. The summed E-state index contributed by atoms with van der Waals surface area (Å²) >= 11 is 5.37. The van der Waals surface area contributed by atoms with E-state index in [0.29, 0.717) is 12.0 Å². The number of H-pyrrole nitrogens is 1. The van der Waals surface area contributed by atoms with Crippen LogP contribution in [0, 0.1) is 4.77 Å². The van der Waals surface area contributed by atoms with Gasteiger partial charge < -0.3 is 9.47 Å². The van der Waals surface area contributed by atoms with Crippen LogP contribution >= 0.6 is 12.2 Å². The maximum absolute atomic E-state index is 5.37. The first-order valence-electron chi connectivity index (χ1n) is 6.69. The van der Waals surface area contributed by atoms with Crippen molar-refractivity contribution < 1.29 is 0 Å². The summed E-state index contributed by atoms with van der Waals surface area (Å²) in [5.74, 6) is 1.81. The minimum Gasteiger partial charge on any atom is -0.303 e. The lowest BCUT2D eigenvalue weighted by Crippen LogP contribution is -2.51. The number of nitrogens with one attached hydrogen (secondary N) is 1. The third-order valence-corrected chi connectivity index (χ3v) is 4.42. The van der Waals surface area contributed by atoms with Gasteiger partial charge in [-0.2, -0.15) is 5.10 Å². The Hall–Kier alpha value is -0.720. The van der Waals surface area contributed by atoms with Crippen molar-refractivity contribution in [2.75, 3.05) is 33.7 Å². The van der Waals surface area contributed by atoms with Gasteiger partial charge in [0, 0.05) is 38.1 Å². The second-order valence-electron chi connectivity index (χ2n) is 5.67. The molecule has 0 radical (unpaired) electrons. The first-order valence-corrected chi connectivity index (χ1v) is 7.10. The molecule has 5 nitrogen and oxygen atoms in total. The van der Waals surface area contributed by atoms with E-state index in [1.165, 1.54) is 18.7 Å². The van der Waals surface area contributed by atoms with E-state index in [-0.39, 0.29) is 0 Å². The Morgan fingerprint density at radius 2 is 2.11 bits per heavy atom. The molecule has 1 N–H and O–H groups in total. The molecule has 1 aromatic heterocycles. The SMILES string of the molecule is CN1CCN(C)C(Cn2c(C3CC3)n[nH]c2=S)C1. The molecule has 1 aliphatic heterocycles. The second kappa shape index (κ2) is 4.75. The van der Waals surface area contributed by atoms with Gasteiger partial charge in [0.15, 0.2) is 4.77 Å². The summed E-state index contributed by atoms with van der Waals surface area (Å²) in [6.07, 6.45) is 2.53. The Balaban J connectivity index is 1.78. The number of rotatable bonds is 3. The minimum absolute atomic E-state index is 0.533. The summed E-state index contributed by atoms with van der Waals surface area (Å²) in [5, 5.41) is 7.36. The molecule has 0 amide bonds. The van der Waals surface area contributed by atoms with E-state index < -0.39 is 0 Å². The summed E-state index contributed by atoms with van der Waals surface area (Å²) < 4.78 is 2.99. The van der Waals surface area contributed by atoms with Crippen molar-refractivity contribution in [1.82, 2.24) is 24.6 Å². The van der Waals surface area contributed by atoms with E-state index in [1.807, 2.05) is 0 Å². The lowest BCUT2D eigenvalue weighted by atomic mass is 10.2. The maximum atomic E-state index is 5.37. The highest BCUT2D eigenvalue weighted by molar-refractivity contribution is 7.71. The standard InChI is InChI=1S/C12H21N5S/c1-15-5-6-16(2)10(7-15)8-17-11(9-3-4-9)13-14-12(17)18/h9-10H,3-8H2,1-2H3,(H,14,18). The lowest BCUT2D eigenvalue weighted by molar-refractivity contribution is 0.102. The topological polar surface area (TPSA) is 40.1 Å². The van der Waals surface area contributed by atoms with Crippen molar-refractivity contribution in [3.63, 3.8) is 0 Å². The zero-order valence-corrected chi connectivity index (χ0v) is 11.9.